The second-order valence-electron chi connectivity index (χ2n) is 4.88. The van der Waals surface area contributed by atoms with E-state index < -0.39 is 17.7 Å². The molecule has 0 aliphatic carbocycles. The van der Waals surface area contributed by atoms with Gasteiger partial charge in [-0.25, -0.2) is 8.78 Å². The van der Waals surface area contributed by atoms with Crippen LogP contribution in [0.1, 0.15) is 22.7 Å². The van der Waals surface area contributed by atoms with Gasteiger partial charge in [-0.15, -0.1) is 11.3 Å². The summed E-state index contributed by atoms with van der Waals surface area (Å²) in [5.74, 6) is -1.18. The van der Waals surface area contributed by atoms with Crippen LogP contribution in [0.3, 0.4) is 0 Å². The molecule has 0 saturated heterocycles. The second kappa shape index (κ2) is 5.48. The van der Waals surface area contributed by atoms with E-state index in [1.165, 1.54) is 23.5 Å². The minimum absolute atomic E-state index is 0.0744. The smallest absolute Gasteiger partial charge is 0.134 e. The van der Waals surface area contributed by atoms with Crippen molar-refractivity contribution in [2.75, 3.05) is 0 Å². The van der Waals surface area contributed by atoms with Crippen molar-refractivity contribution in [1.29, 1.82) is 0 Å². The van der Waals surface area contributed by atoms with Crippen LogP contribution in [-0.4, -0.2) is 0 Å². The Kier molecular flexibility index (Phi) is 3.82. The van der Waals surface area contributed by atoms with E-state index in [1.807, 2.05) is 23.6 Å². The first kappa shape index (κ1) is 14.6. The van der Waals surface area contributed by atoms with Crippen molar-refractivity contribution in [2.24, 2.45) is 5.73 Å². The molecule has 1 atom stereocenters. The third-order valence-electron chi connectivity index (χ3n) is 3.55. The number of thiophene rings is 1. The molecule has 1 heterocycles. The molecule has 0 amide bonds. The van der Waals surface area contributed by atoms with Crippen molar-refractivity contribution in [2.45, 2.75) is 13.0 Å². The Balaban J connectivity index is 2.20. The summed E-state index contributed by atoms with van der Waals surface area (Å²) in [6, 6.07) is 7.59. The zero-order valence-electron chi connectivity index (χ0n) is 11.2. The Morgan fingerprint density at radius 3 is 2.71 bits per heavy atom. The molecule has 0 aliphatic heterocycles. The largest absolute Gasteiger partial charge is 0.320 e. The molecule has 21 heavy (non-hydrogen) atoms. The van der Waals surface area contributed by atoms with Gasteiger partial charge in [-0.05, 0) is 56.9 Å². The molecule has 3 aromatic rings. The van der Waals surface area contributed by atoms with Gasteiger partial charge in [0.1, 0.15) is 11.6 Å². The molecule has 0 spiro atoms. The van der Waals surface area contributed by atoms with Gasteiger partial charge in [-0.3, -0.25) is 0 Å². The Bertz CT molecular complexity index is 829. The van der Waals surface area contributed by atoms with Crippen molar-refractivity contribution in [3.8, 4) is 0 Å². The van der Waals surface area contributed by atoms with Crippen LogP contribution >= 0.6 is 27.3 Å². The lowest BCUT2D eigenvalue weighted by atomic mass is 9.96. The van der Waals surface area contributed by atoms with Gasteiger partial charge in [0.05, 0.1) is 6.04 Å². The van der Waals surface area contributed by atoms with Gasteiger partial charge in [-0.1, -0.05) is 18.2 Å². The van der Waals surface area contributed by atoms with Crippen LogP contribution in [0.25, 0.3) is 10.1 Å². The monoisotopic (exact) mass is 367 g/mol. The zero-order chi connectivity index (χ0) is 15.1. The lowest BCUT2D eigenvalue weighted by Crippen LogP contribution is -2.16. The van der Waals surface area contributed by atoms with E-state index in [0.717, 1.165) is 20.1 Å². The highest BCUT2D eigenvalue weighted by Crippen LogP contribution is 2.37. The number of hydrogen-bond donors (Lipinski definition) is 1. The Morgan fingerprint density at radius 2 is 1.95 bits per heavy atom. The fourth-order valence-corrected chi connectivity index (χ4v) is 4.06. The molecule has 108 valence electrons. The summed E-state index contributed by atoms with van der Waals surface area (Å²) in [4.78, 5) is 0. The summed E-state index contributed by atoms with van der Waals surface area (Å²) in [7, 11) is 0. The quantitative estimate of drug-likeness (QED) is 0.653. The summed E-state index contributed by atoms with van der Waals surface area (Å²) in [5, 5.41) is 2.78. The van der Waals surface area contributed by atoms with E-state index >= 15 is 0 Å². The van der Waals surface area contributed by atoms with Crippen molar-refractivity contribution < 1.29 is 8.78 Å². The van der Waals surface area contributed by atoms with E-state index in [4.69, 9.17) is 5.73 Å². The summed E-state index contributed by atoms with van der Waals surface area (Å²) in [6.45, 7) is 1.60. The van der Waals surface area contributed by atoms with Crippen LogP contribution in [0, 0.1) is 18.6 Å². The van der Waals surface area contributed by atoms with E-state index in [9.17, 15) is 8.78 Å². The normalized spacial score (nSPS) is 12.8. The molecule has 2 N–H and O–H groups in total. The van der Waals surface area contributed by atoms with E-state index in [0.29, 0.717) is 5.56 Å². The lowest BCUT2D eigenvalue weighted by molar-refractivity contribution is 0.539. The highest BCUT2D eigenvalue weighted by molar-refractivity contribution is 9.10. The van der Waals surface area contributed by atoms with Crippen LogP contribution in [-0.2, 0) is 0 Å². The number of halogens is 3. The minimum atomic E-state index is -0.826. The highest BCUT2D eigenvalue weighted by atomic mass is 79.9. The average molecular weight is 368 g/mol. The number of rotatable bonds is 2. The van der Waals surface area contributed by atoms with Gasteiger partial charge in [-0.2, -0.15) is 0 Å². The second-order valence-corrected chi connectivity index (χ2v) is 6.61. The van der Waals surface area contributed by atoms with Crippen molar-refractivity contribution >= 4 is 37.4 Å². The standard InChI is InChI=1S/C16H12BrF2NS/c1-8-5-6-12(18)13(14(8)19)15(20)10-7-21-16-9(10)3-2-4-11(16)17/h2-7,15H,20H2,1H3. The molecule has 1 aromatic heterocycles. The molecular weight excluding hydrogens is 356 g/mol. The van der Waals surface area contributed by atoms with E-state index in [-0.39, 0.29) is 5.56 Å². The predicted octanol–water partition coefficient (Wildman–Crippen LogP) is 5.30. The fraction of sp³-hybridized carbons (Fsp3) is 0.125. The van der Waals surface area contributed by atoms with Crippen LogP contribution in [0.2, 0.25) is 0 Å². The molecule has 0 saturated carbocycles. The van der Waals surface area contributed by atoms with Gasteiger partial charge in [0.15, 0.2) is 0 Å². The minimum Gasteiger partial charge on any atom is -0.320 e. The summed E-state index contributed by atoms with van der Waals surface area (Å²) in [5.41, 5.74) is 7.21. The van der Waals surface area contributed by atoms with Gasteiger partial charge in [0.2, 0.25) is 0 Å². The van der Waals surface area contributed by atoms with Crippen LogP contribution < -0.4 is 5.73 Å². The van der Waals surface area contributed by atoms with Crippen molar-refractivity contribution in [1.82, 2.24) is 0 Å². The number of hydrogen-bond acceptors (Lipinski definition) is 2. The van der Waals surface area contributed by atoms with Crippen LogP contribution in [0.5, 0.6) is 0 Å². The average Bonchev–Trinajstić information content (AvgIpc) is 2.88. The van der Waals surface area contributed by atoms with Gasteiger partial charge in [0, 0.05) is 14.7 Å². The van der Waals surface area contributed by atoms with Gasteiger partial charge < -0.3 is 5.73 Å². The summed E-state index contributed by atoms with van der Waals surface area (Å²) in [6.07, 6.45) is 0. The molecule has 1 nitrogen and oxygen atoms in total. The summed E-state index contributed by atoms with van der Waals surface area (Å²) >= 11 is 4.99. The van der Waals surface area contributed by atoms with Crippen molar-refractivity contribution in [3.05, 3.63) is 68.5 Å². The first-order valence-electron chi connectivity index (χ1n) is 6.36. The maximum Gasteiger partial charge on any atom is 0.134 e. The maximum atomic E-state index is 14.3. The predicted molar refractivity (Wildman–Crippen MR) is 86.7 cm³/mol. The maximum absolute atomic E-state index is 14.3. The first-order valence-corrected chi connectivity index (χ1v) is 8.03. The van der Waals surface area contributed by atoms with E-state index in [1.54, 1.807) is 6.92 Å². The summed E-state index contributed by atoms with van der Waals surface area (Å²) < 4.78 is 30.3. The molecule has 3 rings (SSSR count). The number of nitrogens with two attached hydrogens (primary N) is 1. The van der Waals surface area contributed by atoms with Crippen LogP contribution in [0.4, 0.5) is 8.78 Å². The van der Waals surface area contributed by atoms with Gasteiger partial charge >= 0.3 is 0 Å². The fourth-order valence-electron chi connectivity index (χ4n) is 2.40. The van der Waals surface area contributed by atoms with E-state index in [2.05, 4.69) is 15.9 Å². The molecule has 5 heteroatoms. The third kappa shape index (κ3) is 2.39. The molecule has 0 fully saturated rings. The molecule has 1 unspecified atom stereocenters. The first-order chi connectivity index (χ1) is 10.0. The zero-order valence-corrected chi connectivity index (χ0v) is 13.6. The molecule has 0 radical (unpaired) electrons. The third-order valence-corrected chi connectivity index (χ3v) is 5.52. The Morgan fingerprint density at radius 1 is 1.19 bits per heavy atom. The molecular formula is C16H12BrF2NS. The molecule has 2 aromatic carbocycles. The SMILES string of the molecule is Cc1ccc(F)c(C(N)c2csc3c(Br)cccc23)c1F. The van der Waals surface area contributed by atoms with Crippen LogP contribution in [0.15, 0.2) is 40.2 Å². The Hall–Kier alpha value is -1.30. The van der Waals surface area contributed by atoms with Crippen molar-refractivity contribution in [3.63, 3.8) is 0 Å². The number of benzene rings is 2. The topological polar surface area (TPSA) is 26.0 Å². The number of fused-ring (bicyclic) bond motifs is 1. The lowest BCUT2D eigenvalue weighted by Gasteiger charge is -2.15. The highest BCUT2D eigenvalue weighted by Gasteiger charge is 2.22. The number of aryl methyl sites for hydroxylation is 1. The molecule has 0 bridgehead atoms. The molecule has 0 aliphatic rings. The Labute approximate surface area is 133 Å². The van der Waals surface area contributed by atoms with Gasteiger partial charge in [0.25, 0.3) is 0 Å².